The quantitative estimate of drug-likeness (QED) is 0.795. The van der Waals surface area contributed by atoms with E-state index in [1.165, 1.54) is 0 Å². The molecule has 2 aromatic carbocycles. The molecule has 0 fully saturated rings. The van der Waals surface area contributed by atoms with Gasteiger partial charge in [0.15, 0.2) is 0 Å². The standard InChI is InChI=1S/C17H20O3S/c1-12(2)15-8-7-14(4)17(11-15)20-21(18,19)16-9-5-13(3)6-10-16/h5-12H,1-4H3. The molecule has 0 bridgehead atoms. The van der Waals surface area contributed by atoms with E-state index < -0.39 is 10.1 Å². The molecule has 0 N–H and O–H groups in total. The predicted molar refractivity (Wildman–Crippen MR) is 84.3 cm³/mol. The highest BCUT2D eigenvalue weighted by molar-refractivity contribution is 7.87. The molecular formula is C17H20O3S. The number of aryl methyl sites for hydroxylation is 2. The van der Waals surface area contributed by atoms with E-state index >= 15 is 0 Å². The lowest BCUT2D eigenvalue weighted by atomic mass is 10.0. The smallest absolute Gasteiger partial charge is 0.339 e. The van der Waals surface area contributed by atoms with Gasteiger partial charge in [-0.15, -0.1) is 0 Å². The first-order valence-corrected chi connectivity index (χ1v) is 8.32. The first-order chi connectivity index (χ1) is 9.79. The van der Waals surface area contributed by atoms with Crippen molar-refractivity contribution < 1.29 is 12.6 Å². The Kier molecular flexibility index (Phi) is 4.37. The SMILES string of the molecule is Cc1ccc(S(=O)(=O)Oc2cc(C(C)C)ccc2C)cc1. The maximum Gasteiger partial charge on any atom is 0.339 e. The van der Waals surface area contributed by atoms with Crippen molar-refractivity contribution >= 4 is 10.1 Å². The van der Waals surface area contributed by atoms with Gasteiger partial charge in [-0.25, -0.2) is 0 Å². The van der Waals surface area contributed by atoms with Crippen LogP contribution in [0.3, 0.4) is 0 Å². The van der Waals surface area contributed by atoms with Crippen LogP contribution in [0.5, 0.6) is 5.75 Å². The second-order valence-electron chi connectivity index (χ2n) is 5.53. The van der Waals surface area contributed by atoms with Gasteiger partial charge >= 0.3 is 10.1 Å². The number of benzene rings is 2. The van der Waals surface area contributed by atoms with Gasteiger partial charge in [0.25, 0.3) is 0 Å². The molecule has 0 amide bonds. The molecule has 0 aromatic heterocycles. The van der Waals surface area contributed by atoms with E-state index in [1.807, 2.05) is 26.0 Å². The maximum atomic E-state index is 12.3. The van der Waals surface area contributed by atoms with Crippen LogP contribution in [0.15, 0.2) is 47.4 Å². The second kappa shape index (κ2) is 5.90. The molecule has 0 unspecified atom stereocenters. The summed E-state index contributed by atoms with van der Waals surface area (Å²) in [6.45, 7) is 7.86. The zero-order chi connectivity index (χ0) is 15.6. The van der Waals surface area contributed by atoms with Crippen LogP contribution in [-0.2, 0) is 10.1 Å². The molecule has 0 saturated heterocycles. The minimum absolute atomic E-state index is 0.169. The van der Waals surface area contributed by atoms with E-state index in [0.717, 1.165) is 16.7 Å². The molecular weight excluding hydrogens is 284 g/mol. The van der Waals surface area contributed by atoms with Gasteiger partial charge in [-0.1, -0.05) is 43.7 Å². The molecule has 0 spiro atoms. The first-order valence-electron chi connectivity index (χ1n) is 6.91. The van der Waals surface area contributed by atoms with Crippen LogP contribution >= 0.6 is 0 Å². The van der Waals surface area contributed by atoms with E-state index in [9.17, 15) is 8.42 Å². The van der Waals surface area contributed by atoms with Crippen molar-refractivity contribution in [1.29, 1.82) is 0 Å². The predicted octanol–water partition coefficient (Wildman–Crippen LogP) is 4.19. The third-order valence-corrected chi connectivity index (χ3v) is 4.64. The molecule has 0 saturated carbocycles. The lowest BCUT2D eigenvalue weighted by Crippen LogP contribution is -2.10. The second-order valence-corrected chi connectivity index (χ2v) is 7.08. The van der Waals surface area contributed by atoms with Crippen molar-refractivity contribution in [1.82, 2.24) is 0 Å². The molecule has 0 aliphatic rings. The fourth-order valence-corrected chi connectivity index (χ4v) is 2.92. The lowest BCUT2D eigenvalue weighted by molar-refractivity contribution is 0.483. The van der Waals surface area contributed by atoms with Crippen molar-refractivity contribution in [2.75, 3.05) is 0 Å². The summed E-state index contributed by atoms with van der Waals surface area (Å²) in [4.78, 5) is 0.169. The van der Waals surface area contributed by atoms with Crippen LogP contribution in [0.4, 0.5) is 0 Å². The van der Waals surface area contributed by atoms with Gasteiger partial charge in [0, 0.05) is 0 Å². The monoisotopic (exact) mass is 304 g/mol. The summed E-state index contributed by atoms with van der Waals surface area (Å²) in [6.07, 6.45) is 0. The minimum Gasteiger partial charge on any atom is -0.379 e. The van der Waals surface area contributed by atoms with Crippen LogP contribution in [0.25, 0.3) is 0 Å². The lowest BCUT2D eigenvalue weighted by Gasteiger charge is -2.12. The van der Waals surface area contributed by atoms with Crippen molar-refractivity contribution in [2.45, 2.75) is 38.5 Å². The molecule has 2 rings (SSSR count). The Morgan fingerprint density at radius 2 is 1.57 bits per heavy atom. The molecule has 0 aliphatic heterocycles. The van der Waals surface area contributed by atoms with E-state index in [-0.39, 0.29) is 4.90 Å². The van der Waals surface area contributed by atoms with Crippen molar-refractivity contribution in [2.24, 2.45) is 0 Å². The van der Waals surface area contributed by atoms with Crippen LogP contribution in [-0.4, -0.2) is 8.42 Å². The third kappa shape index (κ3) is 3.64. The average molecular weight is 304 g/mol. The Morgan fingerprint density at radius 3 is 2.14 bits per heavy atom. The minimum atomic E-state index is -3.80. The largest absolute Gasteiger partial charge is 0.379 e. The molecule has 2 aromatic rings. The number of hydrogen-bond acceptors (Lipinski definition) is 3. The van der Waals surface area contributed by atoms with Gasteiger partial charge < -0.3 is 4.18 Å². The third-order valence-electron chi connectivity index (χ3n) is 3.39. The summed E-state index contributed by atoms with van der Waals surface area (Å²) in [5.74, 6) is 0.705. The Hall–Kier alpha value is -1.81. The normalized spacial score (nSPS) is 11.7. The van der Waals surface area contributed by atoms with E-state index in [1.54, 1.807) is 30.3 Å². The summed E-state index contributed by atoms with van der Waals surface area (Å²) in [5, 5.41) is 0. The van der Waals surface area contributed by atoms with Crippen molar-refractivity contribution in [3.8, 4) is 5.75 Å². The van der Waals surface area contributed by atoms with Gasteiger partial charge in [-0.2, -0.15) is 8.42 Å². The summed E-state index contributed by atoms with van der Waals surface area (Å²) in [5.41, 5.74) is 2.86. The average Bonchev–Trinajstić information content (AvgIpc) is 2.41. The molecule has 0 aliphatic carbocycles. The zero-order valence-electron chi connectivity index (χ0n) is 12.8. The molecule has 3 nitrogen and oxygen atoms in total. The molecule has 0 atom stereocenters. The van der Waals surface area contributed by atoms with Crippen LogP contribution < -0.4 is 4.18 Å². The fraction of sp³-hybridized carbons (Fsp3) is 0.294. The van der Waals surface area contributed by atoms with Crippen LogP contribution in [0.2, 0.25) is 0 Å². The molecule has 4 heteroatoms. The Balaban J connectivity index is 2.36. The molecule has 112 valence electrons. The number of hydrogen-bond donors (Lipinski definition) is 0. The van der Waals surface area contributed by atoms with Gasteiger partial charge in [-0.3, -0.25) is 0 Å². The van der Waals surface area contributed by atoms with Crippen molar-refractivity contribution in [3.05, 3.63) is 59.2 Å². The number of rotatable bonds is 4. The maximum absolute atomic E-state index is 12.3. The van der Waals surface area contributed by atoms with Crippen LogP contribution in [0.1, 0.15) is 36.5 Å². The van der Waals surface area contributed by atoms with Gasteiger partial charge in [0.2, 0.25) is 0 Å². The van der Waals surface area contributed by atoms with Gasteiger partial charge in [0.1, 0.15) is 10.6 Å². The molecule has 21 heavy (non-hydrogen) atoms. The topological polar surface area (TPSA) is 43.4 Å². The highest BCUT2D eigenvalue weighted by atomic mass is 32.2. The van der Waals surface area contributed by atoms with Gasteiger partial charge in [0.05, 0.1) is 0 Å². The van der Waals surface area contributed by atoms with Crippen LogP contribution in [0, 0.1) is 13.8 Å². The van der Waals surface area contributed by atoms with E-state index in [0.29, 0.717) is 11.7 Å². The van der Waals surface area contributed by atoms with Crippen molar-refractivity contribution in [3.63, 3.8) is 0 Å². The first kappa shape index (κ1) is 15.6. The zero-order valence-corrected chi connectivity index (χ0v) is 13.6. The summed E-state index contributed by atoms with van der Waals surface area (Å²) in [7, 11) is -3.80. The summed E-state index contributed by atoms with van der Waals surface area (Å²) < 4.78 is 30.0. The summed E-state index contributed by atoms with van der Waals surface area (Å²) in [6, 6.07) is 12.3. The Morgan fingerprint density at radius 1 is 0.952 bits per heavy atom. The molecule has 0 radical (unpaired) electrons. The van der Waals surface area contributed by atoms with E-state index in [4.69, 9.17) is 4.18 Å². The fourth-order valence-electron chi connectivity index (χ4n) is 1.94. The van der Waals surface area contributed by atoms with E-state index in [2.05, 4.69) is 13.8 Å². The highest BCUT2D eigenvalue weighted by Gasteiger charge is 2.18. The Bertz CT molecular complexity index is 729. The highest BCUT2D eigenvalue weighted by Crippen LogP contribution is 2.27. The summed E-state index contributed by atoms with van der Waals surface area (Å²) >= 11 is 0. The molecule has 0 heterocycles. The van der Waals surface area contributed by atoms with Gasteiger partial charge in [-0.05, 0) is 49.1 Å². The Labute approximate surface area is 126 Å².